The van der Waals surface area contributed by atoms with E-state index >= 15 is 0 Å². The Hall–Kier alpha value is -1.81. The number of hydrogen-bond acceptors (Lipinski definition) is 2. The van der Waals surface area contributed by atoms with Crippen LogP contribution in [0.15, 0.2) is 30.5 Å². The fourth-order valence-corrected chi connectivity index (χ4v) is 2.49. The summed E-state index contributed by atoms with van der Waals surface area (Å²) in [6.07, 6.45) is 5.54. The summed E-state index contributed by atoms with van der Waals surface area (Å²) in [6.45, 7) is 5.43. The van der Waals surface area contributed by atoms with E-state index in [-0.39, 0.29) is 12.0 Å². The Labute approximate surface area is 132 Å². The number of aromatic amines is 1. The highest BCUT2D eigenvalue weighted by atomic mass is 16.5. The van der Waals surface area contributed by atoms with E-state index in [9.17, 15) is 4.79 Å². The van der Waals surface area contributed by atoms with Crippen LogP contribution >= 0.6 is 0 Å². The van der Waals surface area contributed by atoms with Gasteiger partial charge in [0.2, 0.25) is 5.91 Å². The summed E-state index contributed by atoms with van der Waals surface area (Å²) < 4.78 is 5.44. The van der Waals surface area contributed by atoms with Crippen LogP contribution in [0.5, 0.6) is 0 Å². The van der Waals surface area contributed by atoms with Crippen molar-refractivity contribution in [2.45, 2.75) is 45.6 Å². The third kappa shape index (κ3) is 5.19. The summed E-state index contributed by atoms with van der Waals surface area (Å²) in [5.41, 5.74) is 2.45. The molecule has 4 nitrogen and oxygen atoms in total. The quantitative estimate of drug-likeness (QED) is 0.697. The van der Waals surface area contributed by atoms with Crippen molar-refractivity contribution in [2.24, 2.45) is 0 Å². The van der Waals surface area contributed by atoms with E-state index in [1.807, 2.05) is 32.2 Å². The number of hydrogen-bond donors (Lipinski definition) is 2. The number of rotatable bonds is 9. The first-order valence-electron chi connectivity index (χ1n) is 8.10. The average Bonchev–Trinajstić information content (AvgIpc) is 2.90. The van der Waals surface area contributed by atoms with Crippen LogP contribution in [-0.2, 0) is 16.0 Å². The minimum atomic E-state index is 0.129. The molecule has 0 atom stereocenters. The van der Waals surface area contributed by atoms with Gasteiger partial charge in [-0.3, -0.25) is 4.79 Å². The van der Waals surface area contributed by atoms with Gasteiger partial charge in [-0.15, -0.1) is 0 Å². The van der Waals surface area contributed by atoms with Crippen LogP contribution < -0.4 is 5.32 Å². The molecule has 22 heavy (non-hydrogen) atoms. The van der Waals surface area contributed by atoms with Crippen molar-refractivity contribution in [3.63, 3.8) is 0 Å². The van der Waals surface area contributed by atoms with Gasteiger partial charge in [-0.25, -0.2) is 0 Å². The zero-order valence-corrected chi connectivity index (χ0v) is 13.5. The van der Waals surface area contributed by atoms with E-state index in [4.69, 9.17) is 4.74 Å². The molecule has 1 heterocycles. The number of para-hydroxylation sites is 1. The van der Waals surface area contributed by atoms with E-state index in [0.29, 0.717) is 19.6 Å². The molecule has 0 bridgehead atoms. The highest BCUT2D eigenvalue weighted by Crippen LogP contribution is 2.19. The van der Waals surface area contributed by atoms with Gasteiger partial charge in [-0.2, -0.15) is 0 Å². The number of nitrogens with one attached hydrogen (secondary N) is 2. The van der Waals surface area contributed by atoms with E-state index < -0.39 is 0 Å². The summed E-state index contributed by atoms with van der Waals surface area (Å²) in [4.78, 5) is 15.0. The molecule has 0 aliphatic rings. The molecule has 0 spiro atoms. The Morgan fingerprint density at radius 2 is 2.09 bits per heavy atom. The van der Waals surface area contributed by atoms with Gasteiger partial charge >= 0.3 is 0 Å². The minimum absolute atomic E-state index is 0.129. The predicted molar refractivity (Wildman–Crippen MR) is 90.0 cm³/mol. The van der Waals surface area contributed by atoms with Gasteiger partial charge in [0.1, 0.15) is 0 Å². The molecule has 0 saturated carbocycles. The SMILES string of the molecule is CC(C)OCCCNC(=O)CCCc1c[nH]c2ccccc12. The second-order valence-electron chi connectivity index (χ2n) is 5.84. The van der Waals surface area contributed by atoms with Crippen molar-refractivity contribution in [1.29, 1.82) is 0 Å². The largest absolute Gasteiger partial charge is 0.379 e. The van der Waals surface area contributed by atoms with Crippen LogP contribution in [0.4, 0.5) is 0 Å². The maximum Gasteiger partial charge on any atom is 0.220 e. The summed E-state index contributed by atoms with van der Waals surface area (Å²) in [5.74, 6) is 0.129. The Kier molecular flexibility index (Phi) is 6.46. The first-order valence-corrected chi connectivity index (χ1v) is 8.10. The molecule has 1 aromatic carbocycles. The zero-order chi connectivity index (χ0) is 15.8. The predicted octanol–water partition coefficient (Wildman–Crippen LogP) is 3.42. The highest BCUT2D eigenvalue weighted by molar-refractivity contribution is 5.83. The fraction of sp³-hybridized carbons (Fsp3) is 0.500. The standard InChI is InChI=1S/C18H26N2O2/c1-14(2)22-12-6-11-19-18(21)10-5-7-15-13-20-17-9-4-3-8-16(15)17/h3-4,8-9,13-14,20H,5-7,10-12H2,1-2H3,(H,19,21). The van der Waals surface area contributed by atoms with Crippen LogP contribution in [0.1, 0.15) is 38.7 Å². The van der Waals surface area contributed by atoms with Gasteiger partial charge < -0.3 is 15.0 Å². The maximum absolute atomic E-state index is 11.8. The molecule has 2 rings (SSSR count). The molecule has 120 valence electrons. The van der Waals surface area contributed by atoms with Gasteiger partial charge in [-0.1, -0.05) is 18.2 Å². The van der Waals surface area contributed by atoms with Crippen molar-refractivity contribution < 1.29 is 9.53 Å². The highest BCUT2D eigenvalue weighted by Gasteiger charge is 2.05. The number of benzene rings is 1. The van der Waals surface area contributed by atoms with Crippen LogP contribution in [0.25, 0.3) is 10.9 Å². The van der Waals surface area contributed by atoms with E-state index in [0.717, 1.165) is 24.8 Å². The second kappa shape index (κ2) is 8.59. The fourth-order valence-electron chi connectivity index (χ4n) is 2.49. The molecule has 0 fully saturated rings. The molecule has 4 heteroatoms. The Morgan fingerprint density at radius 3 is 2.91 bits per heavy atom. The van der Waals surface area contributed by atoms with Crippen molar-refractivity contribution in [2.75, 3.05) is 13.2 Å². The lowest BCUT2D eigenvalue weighted by atomic mass is 10.1. The number of aromatic nitrogens is 1. The number of carbonyl (C=O) groups is 1. The van der Waals surface area contributed by atoms with Crippen molar-refractivity contribution in [1.82, 2.24) is 10.3 Å². The van der Waals surface area contributed by atoms with Crippen LogP contribution in [0.3, 0.4) is 0 Å². The van der Waals surface area contributed by atoms with Crippen LogP contribution in [-0.4, -0.2) is 30.1 Å². The molecule has 1 amide bonds. The van der Waals surface area contributed by atoms with Gasteiger partial charge in [0.25, 0.3) is 0 Å². The third-order valence-corrected chi connectivity index (χ3v) is 3.62. The molecule has 2 N–H and O–H groups in total. The van der Waals surface area contributed by atoms with Crippen molar-refractivity contribution in [3.05, 3.63) is 36.0 Å². The lowest BCUT2D eigenvalue weighted by Gasteiger charge is -2.08. The van der Waals surface area contributed by atoms with Gasteiger partial charge in [0.15, 0.2) is 0 Å². The number of H-pyrrole nitrogens is 1. The first-order chi connectivity index (χ1) is 10.7. The van der Waals surface area contributed by atoms with Gasteiger partial charge in [0, 0.05) is 36.7 Å². The number of ether oxygens (including phenoxy) is 1. The molecule has 0 saturated heterocycles. The molecular formula is C18H26N2O2. The number of carbonyl (C=O) groups excluding carboxylic acids is 1. The van der Waals surface area contributed by atoms with E-state index in [2.05, 4.69) is 22.4 Å². The Balaban J connectivity index is 1.63. The minimum Gasteiger partial charge on any atom is -0.379 e. The van der Waals surface area contributed by atoms with E-state index in [1.54, 1.807) is 0 Å². The van der Waals surface area contributed by atoms with Crippen LogP contribution in [0.2, 0.25) is 0 Å². The molecule has 0 unspecified atom stereocenters. The van der Waals surface area contributed by atoms with E-state index in [1.165, 1.54) is 10.9 Å². The zero-order valence-electron chi connectivity index (χ0n) is 13.5. The summed E-state index contributed by atoms with van der Waals surface area (Å²) >= 11 is 0. The second-order valence-corrected chi connectivity index (χ2v) is 5.84. The van der Waals surface area contributed by atoms with Crippen molar-refractivity contribution >= 4 is 16.8 Å². The molecule has 2 aromatic rings. The first kappa shape index (κ1) is 16.6. The lowest BCUT2D eigenvalue weighted by Crippen LogP contribution is -2.25. The average molecular weight is 302 g/mol. The number of amides is 1. The maximum atomic E-state index is 11.8. The smallest absolute Gasteiger partial charge is 0.220 e. The summed E-state index contributed by atoms with van der Waals surface area (Å²) in [6, 6.07) is 8.27. The summed E-state index contributed by atoms with van der Waals surface area (Å²) in [7, 11) is 0. The third-order valence-electron chi connectivity index (χ3n) is 3.62. The Bertz CT molecular complexity index is 590. The number of fused-ring (bicyclic) bond motifs is 1. The summed E-state index contributed by atoms with van der Waals surface area (Å²) in [5, 5.41) is 4.21. The monoisotopic (exact) mass is 302 g/mol. The Morgan fingerprint density at radius 1 is 1.27 bits per heavy atom. The molecule has 0 radical (unpaired) electrons. The van der Waals surface area contributed by atoms with Gasteiger partial charge in [-0.05, 0) is 44.7 Å². The molecular weight excluding hydrogens is 276 g/mol. The normalized spacial score (nSPS) is 11.2. The lowest BCUT2D eigenvalue weighted by molar-refractivity contribution is -0.121. The topological polar surface area (TPSA) is 54.1 Å². The van der Waals surface area contributed by atoms with Crippen molar-refractivity contribution in [3.8, 4) is 0 Å². The molecule has 0 aliphatic heterocycles. The number of aryl methyl sites for hydroxylation is 1. The van der Waals surface area contributed by atoms with Gasteiger partial charge in [0.05, 0.1) is 6.10 Å². The molecule has 0 aliphatic carbocycles. The molecule has 1 aromatic heterocycles. The van der Waals surface area contributed by atoms with Crippen LogP contribution in [0, 0.1) is 0 Å².